The molecule has 0 atom stereocenters. The van der Waals surface area contributed by atoms with Crippen molar-refractivity contribution < 1.29 is 23.1 Å². The molecule has 0 radical (unpaired) electrons. The summed E-state index contributed by atoms with van der Waals surface area (Å²) in [5.74, 6) is -3.88. The van der Waals surface area contributed by atoms with E-state index in [9.17, 15) is 18.4 Å². The van der Waals surface area contributed by atoms with E-state index in [1.54, 1.807) is 24.3 Å². The summed E-state index contributed by atoms with van der Waals surface area (Å²) in [6, 6.07) is 12.6. The van der Waals surface area contributed by atoms with Gasteiger partial charge in [0.1, 0.15) is 12.3 Å². The lowest BCUT2D eigenvalue weighted by atomic mass is 10.2. The summed E-state index contributed by atoms with van der Waals surface area (Å²) in [6.45, 7) is -0.309. The number of nitrogens with two attached hydrogens (primary N) is 1. The first kappa shape index (κ1) is 17.9. The van der Waals surface area contributed by atoms with Crippen LogP contribution in [0.25, 0.3) is 11.0 Å². The molecular formula is C17H13F2N3O3S. The molecule has 2 aromatic carbocycles. The molecule has 9 heteroatoms. The fourth-order valence-electron chi connectivity index (χ4n) is 2.38. The van der Waals surface area contributed by atoms with Gasteiger partial charge in [-0.25, -0.2) is 9.78 Å². The highest BCUT2D eigenvalue weighted by molar-refractivity contribution is 7.99. The van der Waals surface area contributed by atoms with Crippen molar-refractivity contribution in [1.29, 1.82) is 0 Å². The van der Waals surface area contributed by atoms with Crippen molar-refractivity contribution in [2.24, 2.45) is 5.73 Å². The summed E-state index contributed by atoms with van der Waals surface area (Å²) in [6.07, 6.45) is 0. The molecule has 0 bridgehead atoms. The van der Waals surface area contributed by atoms with Gasteiger partial charge >= 0.3 is 5.97 Å². The second-order valence-corrected chi connectivity index (χ2v) is 6.17. The molecule has 6 nitrogen and oxygen atoms in total. The van der Waals surface area contributed by atoms with Gasteiger partial charge < -0.3 is 15.0 Å². The van der Waals surface area contributed by atoms with E-state index in [-0.39, 0.29) is 34.8 Å². The molecule has 26 heavy (non-hydrogen) atoms. The lowest BCUT2D eigenvalue weighted by Gasteiger charge is -2.09. The number of alkyl halides is 2. The number of amides is 1. The molecule has 0 saturated heterocycles. The number of thioether (sulfide) groups is 1. The molecular weight excluding hydrogens is 364 g/mol. The molecule has 1 aromatic heterocycles. The van der Waals surface area contributed by atoms with E-state index in [1.165, 1.54) is 28.8 Å². The Morgan fingerprint density at radius 3 is 2.69 bits per heavy atom. The van der Waals surface area contributed by atoms with Gasteiger partial charge in [-0.1, -0.05) is 18.2 Å². The minimum absolute atomic E-state index is 0.0176. The number of hydrogen-bond acceptors (Lipinski definition) is 5. The van der Waals surface area contributed by atoms with E-state index >= 15 is 0 Å². The predicted octanol–water partition coefficient (Wildman–Crippen LogP) is 3.06. The van der Waals surface area contributed by atoms with Crippen LogP contribution in [0.3, 0.4) is 0 Å². The number of esters is 1. The Hall–Kier alpha value is -2.94. The second-order valence-electron chi connectivity index (χ2n) is 5.21. The van der Waals surface area contributed by atoms with Gasteiger partial charge in [-0.15, -0.1) is 0 Å². The Bertz CT molecular complexity index is 975. The molecule has 3 rings (SSSR count). The van der Waals surface area contributed by atoms with Crippen LogP contribution in [0.5, 0.6) is 5.75 Å². The largest absolute Gasteiger partial charge is 0.425 e. The molecule has 1 amide bonds. The maximum Gasteiger partial charge on any atom is 0.331 e. The van der Waals surface area contributed by atoms with Crippen molar-refractivity contribution in [3.05, 3.63) is 54.1 Å². The van der Waals surface area contributed by atoms with E-state index < -0.39 is 17.6 Å². The van der Waals surface area contributed by atoms with Crippen molar-refractivity contribution in [3.8, 4) is 5.75 Å². The van der Waals surface area contributed by atoms with Crippen LogP contribution in [0.4, 0.5) is 8.78 Å². The van der Waals surface area contributed by atoms with Crippen LogP contribution in [-0.2, 0) is 11.3 Å². The fourth-order valence-corrected chi connectivity index (χ4v) is 2.98. The summed E-state index contributed by atoms with van der Waals surface area (Å²) in [4.78, 5) is 27.6. The number of halogens is 2. The third kappa shape index (κ3) is 3.99. The Morgan fingerprint density at radius 1 is 1.19 bits per heavy atom. The van der Waals surface area contributed by atoms with E-state index in [2.05, 4.69) is 4.98 Å². The standard InChI is InChI=1S/C17H13F2N3O3S/c18-16(19)26-17-21-12-6-1-2-7-13(12)22(17)9-14(23)25-11-5-3-4-10(8-11)15(20)24/h1-8,16H,9H2,(H2,20,24). The zero-order valence-electron chi connectivity index (χ0n) is 13.3. The van der Waals surface area contributed by atoms with Gasteiger partial charge in [-0.3, -0.25) is 4.79 Å². The fraction of sp³-hybridized carbons (Fsp3) is 0.118. The van der Waals surface area contributed by atoms with Crippen molar-refractivity contribution >= 4 is 34.7 Å². The first-order valence-corrected chi connectivity index (χ1v) is 8.32. The quantitative estimate of drug-likeness (QED) is 0.405. The first-order chi connectivity index (χ1) is 12.4. The number of ether oxygens (including phenoxy) is 1. The maximum atomic E-state index is 12.8. The van der Waals surface area contributed by atoms with Crippen LogP contribution >= 0.6 is 11.8 Å². The molecule has 3 aromatic rings. The van der Waals surface area contributed by atoms with Crippen LogP contribution in [0, 0.1) is 0 Å². The number of aromatic nitrogens is 2. The normalized spacial score (nSPS) is 11.0. The summed E-state index contributed by atoms with van der Waals surface area (Å²) in [5, 5.41) is 0.0176. The molecule has 134 valence electrons. The monoisotopic (exact) mass is 377 g/mol. The highest BCUT2D eigenvalue weighted by atomic mass is 32.2. The van der Waals surface area contributed by atoms with Crippen molar-refractivity contribution in [2.45, 2.75) is 17.5 Å². The number of primary amides is 1. The summed E-state index contributed by atoms with van der Waals surface area (Å²) >= 11 is 0.255. The third-order valence-corrected chi connectivity index (χ3v) is 4.15. The number of benzene rings is 2. The molecule has 1 heterocycles. The number of rotatable bonds is 6. The molecule has 0 fully saturated rings. The number of fused-ring (bicyclic) bond motifs is 1. The van der Waals surface area contributed by atoms with Crippen LogP contribution in [-0.4, -0.2) is 27.2 Å². The predicted molar refractivity (Wildman–Crippen MR) is 92.2 cm³/mol. The number of para-hydroxylation sites is 2. The Morgan fingerprint density at radius 2 is 1.96 bits per heavy atom. The molecule has 2 N–H and O–H groups in total. The Kier molecular flexibility index (Phi) is 5.17. The minimum Gasteiger partial charge on any atom is -0.425 e. The SMILES string of the molecule is NC(=O)c1cccc(OC(=O)Cn2c(SC(F)F)nc3ccccc32)c1. The van der Waals surface area contributed by atoms with Crippen LogP contribution in [0.2, 0.25) is 0 Å². The van der Waals surface area contributed by atoms with Gasteiger partial charge in [-0.2, -0.15) is 8.78 Å². The number of carbonyl (C=O) groups is 2. The van der Waals surface area contributed by atoms with Gasteiger partial charge in [-0.05, 0) is 42.1 Å². The lowest BCUT2D eigenvalue weighted by molar-refractivity contribution is -0.135. The van der Waals surface area contributed by atoms with Gasteiger partial charge in [0.15, 0.2) is 5.16 Å². The average Bonchev–Trinajstić information content (AvgIpc) is 2.91. The highest BCUT2D eigenvalue weighted by Crippen LogP contribution is 2.28. The lowest BCUT2D eigenvalue weighted by Crippen LogP contribution is -2.17. The molecule has 0 aliphatic heterocycles. The number of carbonyl (C=O) groups excluding carboxylic acids is 2. The summed E-state index contributed by atoms with van der Waals surface area (Å²) < 4.78 is 32.1. The van der Waals surface area contributed by atoms with Gasteiger partial charge in [0.05, 0.1) is 11.0 Å². The topological polar surface area (TPSA) is 87.2 Å². The number of hydrogen-bond donors (Lipinski definition) is 1. The second kappa shape index (κ2) is 7.52. The Labute approximate surface area is 150 Å². The summed E-state index contributed by atoms with van der Waals surface area (Å²) in [7, 11) is 0. The van der Waals surface area contributed by atoms with E-state index in [1.807, 2.05) is 0 Å². The first-order valence-electron chi connectivity index (χ1n) is 7.44. The molecule has 0 saturated carbocycles. The van der Waals surface area contributed by atoms with Crippen LogP contribution in [0.1, 0.15) is 10.4 Å². The summed E-state index contributed by atoms with van der Waals surface area (Å²) in [5.41, 5.74) is 6.42. The Balaban J connectivity index is 1.85. The number of nitrogens with zero attached hydrogens (tertiary/aromatic N) is 2. The van der Waals surface area contributed by atoms with Crippen molar-refractivity contribution in [1.82, 2.24) is 9.55 Å². The average molecular weight is 377 g/mol. The molecule has 0 spiro atoms. The highest BCUT2D eigenvalue weighted by Gasteiger charge is 2.18. The zero-order valence-corrected chi connectivity index (χ0v) is 14.1. The molecule has 0 unspecified atom stereocenters. The van der Waals surface area contributed by atoms with E-state index in [0.29, 0.717) is 11.0 Å². The third-order valence-electron chi connectivity index (χ3n) is 3.45. The number of imidazole rings is 1. The van der Waals surface area contributed by atoms with Crippen LogP contribution < -0.4 is 10.5 Å². The van der Waals surface area contributed by atoms with Gasteiger partial charge in [0, 0.05) is 5.56 Å². The van der Waals surface area contributed by atoms with Gasteiger partial charge in [0.25, 0.3) is 5.76 Å². The molecule has 0 aliphatic rings. The molecule has 0 aliphatic carbocycles. The van der Waals surface area contributed by atoms with E-state index in [0.717, 1.165) is 0 Å². The van der Waals surface area contributed by atoms with Gasteiger partial charge in [0.2, 0.25) is 5.91 Å². The maximum absolute atomic E-state index is 12.8. The zero-order chi connectivity index (χ0) is 18.7. The van der Waals surface area contributed by atoms with Crippen molar-refractivity contribution in [3.63, 3.8) is 0 Å². The smallest absolute Gasteiger partial charge is 0.331 e. The van der Waals surface area contributed by atoms with Crippen molar-refractivity contribution in [2.75, 3.05) is 0 Å². The van der Waals surface area contributed by atoms with Crippen LogP contribution in [0.15, 0.2) is 53.7 Å². The minimum atomic E-state index is -2.67. The van der Waals surface area contributed by atoms with E-state index in [4.69, 9.17) is 10.5 Å².